The predicted octanol–water partition coefficient (Wildman–Crippen LogP) is 6.58. The number of hydrogen-bond donors (Lipinski definition) is 4. The Bertz CT molecular complexity index is 1560. The van der Waals surface area contributed by atoms with Gasteiger partial charge in [0.1, 0.15) is 0 Å². The van der Waals surface area contributed by atoms with Gasteiger partial charge in [0.2, 0.25) is 10.0 Å². The number of sulfonamides is 1. The van der Waals surface area contributed by atoms with E-state index < -0.39 is 27.7 Å². The van der Waals surface area contributed by atoms with Gasteiger partial charge < -0.3 is 20.6 Å². The summed E-state index contributed by atoms with van der Waals surface area (Å²) < 4.78 is 30.0. The minimum absolute atomic E-state index is 0.0208. The Hall–Kier alpha value is -3.55. The van der Waals surface area contributed by atoms with Gasteiger partial charge in [-0.15, -0.1) is 11.3 Å². The van der Waals surface area contributed by atoms with Crippen LogP contribution in [0.2, 0.25) is 0 Å². The highest BCUT2D eigenvalue weighted by atomic mass is 32.2. The zero-order valence-electron chi connectivity index (χ0n) is 26.0. The van der Waals surface area contributed by atoms with Crippen LogP contribution < -0.4 is 15.4 Å². The Labute approximate surface area is 263 Å². The minimum Gasteiger partial charge on any atom is -0.465 e. The van der Waals surface area contributed by atoms with Crippen LogP contribution in [0, 0.1) is 0 Å². The fourth-order valence-electron chi connectivity index (χ4n) is 5.55. The first kappa shape index (κ1) is 33.3. The topological polar surface area (TPSA) is 154 Å². The molecule has 1 aliphatic carbocycles. The Balaban J connectivity index is 1.56. The number of nitrogens with one attached hydrogen (secondary N) is 3. The van der Waals surface area contributed by atoms with Gasteiger partial charge >= 0.3 is 12.1 Å². The predicted molar refractivity (Wildman–Crippen MR) is 172 cm³/mol. The average molecular weight is 643 g/mol. The third kappa shape index (κ3) is 8.33. The number of benzene rings is 1. The molecular formula is C31H42N6O5S2. The molecule has 0 spiro atoms. The van der Waals surface area contributed by atoms with Crippen molar-refractivity contribution in [3.8, 4) is 10.4 Å². The lowest BCUT2D eigenvalue weighted by Gasteiger charge is -2.37. The first-order valence-corrected chi connectivity index (χ1v) is 17.1. The molecule has 1 aromatic carbocycles. The second-order valence-electron chi connectivity index (χ2n) is 12.5. The molecule has 2 aromatic heterocycles. The number of carbonyl (C=O) groups is 2. The standard InChI is InChI=1S/C31H42N6O5S2/c1-19(2)37(30(39)40)23-13-10-21(11-14-23)28-33-18-26(43-28)24-15-12-22(17-27(24)44(41,42)36-31(4,5)6)35-29(38)34-20(3)25-9-7-8-16-32-25/h7-9,12,15-21,23,36H,10-11,13-14H2,1-6H3,(H,39,40)(H2,34,35,38)/t20-,21?,23?/m0/s1. The van der Waals surface area contributed by atoms with E-state index >= 15 is 0 Å². The zero-order chi connectivity index (χ0) is 32.2. The third-order valence-corrected chi connectivity index (χ3v) is 10.4. The molecule has 1 fully saturated rings. The lowest BCUT2D eigenvalue weighted by Crippen LogP contribution is -2.45. The molecule has 0 aliphatic heterocycles. The number of hydrogen-bond acceptors (Lipinski definition) is 7. The van der Waals surface area contributed by atoms with Gasteiger partial charge in [0.05, 0.1) is 26.5 Å². The molecule has 4 N–H and O–H groups in total. The largest absolute Gasteiger partial charge is 0.465 e. The average Bonchev–Trinajstić information content (AvgIpc) is 3.42. The van der Waals surface area contributed by atoms with Crippen molar-refractivity contribution in [2.75, 3.05) is 5.32 Å². The lowest BCUT2D eigenvalue weighted by atomic mass is 9.85. The highest BCUT2D eigenvalue weighted by Crippen LogP contribution is 2.41. The Morgan fingerprint density at radius 3 is 2.34 bits per heavy atom. The minimum atomic E-state index is -3.98. The van der Waals surface area contributed by atoms with Crippen molar-refractivity contribution in [3.05, 3.63) is 59.5 Å². The van der Waals surface area contributed by atoms with Crippen molar-refractivity contribution >= 4 is 39.2 Å². The van der Waals surface area contributed by atoms with E-state index in [0.717, 1.165) is 30.7 Å². The molecule has 13 heteroatoms. The van der Waals surface area contributed by atoms with Gasteiger partial charge in [-0.1, -0.05) is 12.1 Å². The van der Waals surface area contributed by atoms with E-state index in [9.17, 15) is 23.1 Å². The van der Waals surface area contributed by atoms with Crippen molar-refractivity contribution in [3.63, 3.8) is 0 Å². The first-order valence-electron chi connectivity index (χ1n) is 14.8. The zero-order valence-corrected chi connectivity index (χ0v) is 27.6. The fraction of sp³-hybridized carbons (Fsp3) is 0.484. The van der Waals surface area contributed by atoms with Gasteiger partial charge in [0, 0.05) is 47.2 Å². The van der Waals surface area contributed by atoms with Crippen LogP contribution in [0.1, 0.15) is 89.9 Å². The molecule has 44 heavy (non-hydrogen) atoms. The molecule has 1 atom stereocenters. The molecule has 1 saturated carbocycles. The van der Waals surface area contributed by atoms with Crippen LogP contribution in [0.3, 0.4) is 0 Å². The van der Waals surface area contributed by atoms with Crippen molar-refractivity contribution in [1.82, 2.24) is 24.9 Å². The molecule has 0 unspecified atom stereocenters. The van der Waals surface area contributed by atoms with Crippen LogP contribution in [0.5, 0.6) is 0 Å². The van der Waals surface area contributed by atoms with Gasteiger partial charge in [-0.2, -0.15) is 0 Å². The van der Waals surface area contributed by atoms with Crippen molar-refractivity contribution < 1.29 is 23.1 Å². The van der Waals surface area contributed by atoms with E-state index in [4.69, 9.17) is 0 Å². The summed E-state index contributed by atoms with van der Waals surface area (Å²) in [5.74, 6) is 0.172. The number of carbonyl (C=O) groups excluding carboxylic acids is 1. The molecule has 3 amide bonds. The number of aromatic nitrogens is 2. The summed E-state index contributed by atoms with van der Waals surface area (Å²) in [7, 11) is -3.98. The van der Waals surface area contributed by atoms with Crippen molar-refractivity contribution in [2.45, 2.75) is 102 Å². The number of thiazole rings is 1. The highest BCUT2D eigenvalue weighted by molar-refractivity contribution is 7.89. The maximum absolute atomic E-state index is 13.6. The molecule has 3 aromatic rings. The first-order chi connectivity index (χ1) is 20.6. The summed E-state index contributed by atoms with van der Waals surface area (Å²) in [6.45, 7) is 10.9. The van der Waals surface area contributed by atoms with Crippen molar-refractivity contribution in [2.24, 2.45) is 0 Å². The number of rotatable bonds is 9. The Morgan fingerprint density at radius 2 is 1.75 bits per heavy atom. The maximum Gasteiger partial charge on any atom is 0.407 e. The monoisotopic (exact) mass is 642 g/mol. The summed E-state index contributed by atoms with van der Waals surface area (Å²) in [5, 5.41) is 16.1. The second-order valence-corrected chi connectivity index (χ2v) is 15.2. The maximum atomic E-state index is 13.6. The molecule has 1 aliphatic rings. The number of urea groups is 1. The SMILES string of the molecule is CC(C)N(C(=O)O)C1CCC(c2ncc(-c3ccc(NC(=O)N[C@@H](C)c4ccccn4)cc3S(=O)(=O)NC(C)(C)C)s2)CC1. The van der Waals surface area contributed by atoms with Crippen LogP contribution in [0.4, 0.5) is 15.3 Å². The normalized spacial score (nSPS) is 18.1. The van der Waals surface area contributed by atoms with Gasteiger partial charge in [-0.3, -0.25) is 4.98 Å². The molecule has 11 nitrogen and oxygen atoms in total. The molecular weight excluding hydrogens is 601 g/mol. The molecule has 0 bridgehead atoms. The van der Waals surface area contributed by atoms with E-state index in [1.54, 1.807) is 51.4 Å². The van der Waals surface area contributed by atoms with E-state index in [0.29, 0.717) is 21.8 Å². The van der Waals surface area contributed by atoms with Gasteiger partial charge in [0.15, 0.2) is 0 Å². The van der Waals surface area contributed by atoms with E-state index in [1.165, 1.54) is 22.3 Å². The second kappa shape index (κ2) is 13.6. The third-order valence-electron chi connectivity index (χ3n) is 7.45. The van der Waals surface area contributed by atoms with Gasteiger partial charge in [-0.25, -0.2) is 27.7 Å². The Kier molecular flexibility index (Phi) is 10.3. The molecule has 238 valence electrons. The number of anilines is 1. The number of carboxylic acid groups (broad SMARTS) is 1. The smallest absolute Gasteiger partial charge is 0.407 e. The van der Waals surface area contributed by atoms with Crippen LogP contribution >= 0.6 is 11.3 Å². The van der Waals surface area contributed by atoms with E-state index in [2.05, 4.69) is 25.3 Å². The Morgan fingerprint density at radius 1 is 1.05 bits per heavy atom. The fourth-order valence-corrected chi connectivity index (χ4v) is 8.41. The number of pyridine rings is 1. The van der Waals surface area contributed by atoms with Crippen LogP contribution in [-0.4, -0.2) is 58.1 Å². The number of nitrogens with zero attached hydrogens (tertiary/aromatic N) is 3. The van der Waals surface area contributed by atoms with E-state index in [-0.39, 0.29) is 28.9 Å². The molecule has 2 heterocycles. The van der Waals surface area contributed by atoms with Crippen LogP contribution in [0.15, 0.2) is 53.7 Å². The van der Waals surface area contributed by atoms with Gasteiger partial charge in [0.25, 0.3) is 0 Å². The molecule has 0 radical (unpaired) electrons. The summed E-state index contributed by atoms with van der Waals surface area (Å²) in [5.41, 5.74) is 0.782. The quantitative estimate of drug-likeness (QED) is 0.206. The van der Waals surface area contributed by atoms with Gasteiger partial charge in [-0.05, 0) is 91.5 Å². The highest BCUT2D eigenvalue weighted by Gasteiger charge is 2.32. The van der Waals surface area contributed by atoms with E-state index in [1.807, 2.05) is 32.9 Å². The summed E-state index contributed by atoms with van der Waals surface area (Å²) >= 11 is 1.45. The summed E-state index contributed by atoms with van der Waals surface area (Å²) in [4.78, 5) is 35.8. The summed E-state index contributed by atoms with van der Waals surface area (Å²) in [6, 6.07) is 9.32. The number of amides is 3. The van der Waals surface area contributed by atoms with Crippen LogP contribution in [-0.2, 0) is 10.0 Å². The molecule has 4 rings (SSSR count). The van der Waals surface area contributed by atoms with Crippen molar-refractivity contribution in [1.29, 1.82) is 0 Å². The molecule has 0 saturated heterocycles. The summed E-state index contributed by atoms with van der Waals surface area (Å²) in [6.07, 6.45) is 5.57. The van der Waals surface area contributed by atoms with Crippen LogP contribution in [0.25, 0.3) is 10.4 Å². The lowest BCUT2D eigenvalue weighted by molar-refractivity contribution is 0.0906.